The van der Waals surface area contributed by atoms with E-state index in [9.17, 15) is 9.59 Å². The van der Waals surface area contributed by atoms with Crippen LogP contribution in [-0.2, 0) is 20.6 Å². The molecule has 0 N–H and O–H groups in total. The maximum Gasteiger partial charge on any atom is 0.332 e. The largest absolute Gasteiger partial charge is 0.490 e. The van der Waals surface area contributed by atoms with Crippen LogP contribution in [0.3, 0.4) is 0 Å². The summed E-state index contributed by atoms with van der Waals surface area (Å²) in [5, 5.41) is 0. The van der Waals surface area contributed by atoms with Crippen molar-refractivity contribution in [2.45, 2.75) is 6.54 Å². The molecule has 0 amide bonds. The van der Waals surface area contributed by atoms with E-state index in [4.69, 9.17) is 4.74 Å². The third kappa shape index (κ3) is 2.26. The molecular weight excluding hydrogens is 334 g/mol. The summed E-state index contributed by atoms with van der Waals surface area (Å²) in [6.45, 7) is 5.43. The Kier molecular flexibility index (Phi) is 3.68. The number of hydrogen-bond donors (Lipinski definition) is 0. The predicted octanol–water partition coefficient (Wildman–Crippen LogP) is 1.15. The van der Waals surface area contributed by atoms with Gasteiger partial charge in [-0.1, -0.05) is 12.7 Å². The molecule has 0 aliphatic carbocycles. The number of anilines is 2. The zero-order valence-electron chi connectivity index (χ0n) is 14.7. The van der Waals surface area contributed by atoms with Gasteiger partial charge in [-0.3, -0.25) is 13.9 Å². The summed E-state index contributed by atoms with van der Waals surface area (Å²) in [6, 6.07) is 7.67. The van der Waals surface area contributed by atoms with E-state index in [0.717, 1.165) is 16.0 Å². The van der Waals surface area contributed by atoms with Crippen LogP contribution in [0.15, 0.2) is 46.5 Å². The van der Waals surface area contributed by atoms with Gasteiger partial charge in [0.1, 0.15) is 12.4 Å². The second kappa shape index (κ2) is 5.91. The monoisotopic (exact) mass is 353 g/mol. The third-order valence-electron chi connectivity index (χ3n) is 4.63. The van der Waals surface area contributed by atoms with Gasteiger partial charge in [-0.2, -0.15) is 4.98 Å². The fourth-order valence-electron chi connectivity index (χ4n) is 3.27. The van der Waals surface area contributed by atoms with Crippen molar-refractivity contribution in [2.24, 2.45) is 14.1 Å². The second-order valence-corrected chi connectivity index (χ2v) is 6.19. The number of aromatic nitrogens is 4. The lowest BCUT2D eigenvalue weighted by atomic mass is 10.3. The molecule has 2 aromatic heterocycles. The van der Waals surface area contributed by atoms with Crippen molar-refractivity contribution in [3.8, 4) is 5.75 Å². The minimum absolute atomic E-state index is 0.322. The highest BCUT2D eigenvalue weighted by atomic mass is 16.5. The van der Waals surface area contributed by atoms with Gasteiger partial charge in [0.15, 0.2) is 11.2 Å². The highest BCUT2D eigenvalue weighted by Gasteiger charge is 2.28. The Morgan fingerprint density at radius 3 is 2.58 bits per heavy atom. The van der Waals surface area contributed by atoms with Gasteiger partial charge < -0.3 is 14.2 Å². The molecule has 1 aliphatic heterocycles. The van der Waals surface area contributed by atoms with Gasteiger partial charge in [0.05, 0.1) is 0 Å². The van der Waals surface area contributed by atoms with E-state index >= 15 is 0 Å². The first-order chi connectivity index (χ1) is 12.5. The van der Waals surface area contributed by atoms with Gasteiger partial charge >= 0.3 is 5.69 Å². The Morgan fingerprint density at radius 2 is 1.88 bits per heavy atom. The summed E-state index contributed by atoms with van der Waals surface area (Å²) in [5.74, 6) is 1.43. The number of imidazole rings is 1. The van der Waals surface area contributed by atoms with E-state index < -0.39 is 0 Å². The van der Waals surface area contributed by atoms with Gasteiger partial charge in [-0.05, 0) is 24.3 Å². The molecule has 0 bridgehead atoms. The summed E-state index contributed by atoms with van der Waals surface area (Å²) in [7, 11) is 3.11. The summed E-state index contributed by atoms with van der Waals surface area (Å²) < 4.78 is 9.91. The molecule has 0 atom stereocenters. The molecule has 0 saturated carbocycles. The van der Waals surface area contributed by atoms with Gasteiger partial charge in [0.2, 0.25) is 5.95 Å². The van der Waals surface area contributed by atoms with Crippen molar-refractivity contribution in [1.29, 1.82) is 0 Å². The summed E-state index contributed by atoms with van der Waals surface area (Å²) in [4.78, 5) is 31.3. The maximum atomic E-state index is 12.6. The summed E-state index contributed by atoms with van der Waals surface area (Å²) in [5.41, 5.74) is 1.11. The Hall–Kier alpha value is -3.29. The number of hydrogen-bond acceptors (Lipinski definition) is 5. The van der Waals surface area contributed by atoms with Crippen LogP contribution in [-0.4, -0.2) is 31.8 Å². The van der Waals surface area contributed by atoms with E-state index in [-0.39, 0.29) is 11.2 Å². The first-order valence-corrected chi connectivity index (χ1v) is 8.30. The first kappa shape index (κ1) is 16.2. The SMILES string of the molecule is C=CCOc1ccc(N2CCn3c2nc2c3c(=O)n(C)c(=O)n2C)cc1. The van der Waals surface area contributed by atoms with Crippen LogP contribution in [0.25, 0.3) is 11.2 Å². The van der Waals surface area contributed by atoms with E-state index in [2.05, 4.69) is 11.6 Å². The average molecular weight is 353 g/mol. The fraction of sp³-hybridized carbons (Fsp3) is 0.278. The lowest BCUT2D eigenvalue weighted by molar-refractivity contribution is 0.363. The van der Waals surface area contributed by atoms with Crippen molar-refractivity contribution >= 4 is 22.8 Å². The van der Waals surface area contributed by atoms with Crippen molar-refractivity contribution < 1.29 is 4.74 Å². The van der Waals surface area contributed by atoms with Crippen LogP contribution in [0.4, 0.5) is 11.6 Å². The minimum atomic E-state index is -0.380. The molecule has 0 spiro atoms. The molecule has 3 heterocycles. The summed E-state index contributed by atoms with van der Waals surface area (Å²) >= 11 is 0. The van der Waals surface area contributed by atoms with Crippen LogP contribution in [0, 0.1) is 0 Å². The Morgan fingerprint density at radius 1 is 1.15 bits per heavy atom. The Bertz CT molecular complexity index is 1120. The van der Waals surface area contributed by atoms with E-state index in [0.29, 0.717) is 36.8 Å². The van der Waals surface area contributed by atoms with Crippen molar-refractivity contribution in [3.05, 3.63) is 57.8 Å². The second-order valence-electron chi connectivity index (χ2n) is 6.19. The van der Waals surface area contributed by atoms with Crippen LogP contribution < -0.4 is 20.9 Å². The molecule has 0 unspecified atom stereocenters. The average Bonchev–Trinajstić information content (AvgIpc) is 3.22. The zero-order valence-corrected chi connectivity index (χ0v) is 14.7. The Labute approximate surface area is 149 Å². The van der Waals surface area contributed by atoms with Crippen LogP contribution in [0.1, 0.15) is 0 Å². The van der Waals surface area contributed by atoms with E-state index in [1.165, 1.54) is 11.6 Å². The molecule has 0 fully saturated rings. The normalized spacial score (nSPS) is 13.2. The quantitative estimate of drug-likeness (QED) is 0.658. The third-order valence-corrected chi connectivity index (χ3v) is 4.63. The molecule has 1 aromatic carbocycles. The molecule has 0 saturated heterocycles. The lowest BCUT2D eigenvalue weighted by Crippen LogP contribution is -2.37. The highest BCUT2D eigenvalue weighted by molar-refractivity contribution is 5.77. The molecular formula is C18H19N5O3. The minimum Gasteiger partial charge on any atom is -0.490 e. The van der Waals surface area contributed by atoms with Crippen LogP contribution >= 0.6 is 0 Å². The standard InChI is InChI=1S/C18H19N5O3/c1-4-11-26-13-7-5-12(6-8-13)22-9-10-23-14-15(19-17(22)23)20(2)18(25)21(3)16(14)24/h4-8H,1,9-11H2,2-3H3. The molecule has 26 heavy (non-hydrogen) atoms. The van der Waals surface area contributed by atoms with Crippen LogP contribution in [0.5, 0.6) is 5.75 Å². The number of rotatable bonds is 4. The smallest absolute Gasteiger partial charge is 0.332 e. The predicted molar refractivity (Wildman–Crippen MR) is 99.4 cm³/mol. The van der Waals surface area contributed by atoms with E-state index in [1.807, 2.05) is 33.7 Å². The van der Waals surface area contributed by atoms with Gasteiger partial charge in [-0.25, -0.2) is 4.79 Å². The maximum absolute atomic E-state index is 12.6. The number of ether oxygens (including phenoxy) is 1. The van der Waals surface area contributed by atoms with Crippen molar-refractivity contribution in [3.63, 3.8) is 0 Å². The van der Waals surface area contributed by atoms with Crippen molar-refractivity contribution in [1.82, 2.24) is 18.7 Å². The first-order valence-electron chi connectivity index (χ1n) is 8.30. The topological polar surface area (TPSA) is 74.3 Å². The number of benzene rings is 1. The highest BCUT2D eigenvalue weighted by Crippen LogP contribution is 2.32. The lowest BCUT2D eigenvalue weighted by Gasteiger charge is -2.16. The molecule has 8 nitrogen and oxygen atoms in total. The number of fused-ring (bicyclic) bond motifs is 3. The van der Waals surface area contributed by atoms with Gasteiger partial charge in [0, 0.05) is 32.9 Å². The molecule has 0 radical (unpaired) electrons. The summed E-state index contributed by atoms with van der Waals surface area (Å²) in [6.07, 6.45) is 1.70. The Balaban J connectivity index is 1.80. The molecule has 4 rings (SSSR count). The van der Waals surface area contributed by atoms with Gasteiger partial charge in [-0.15, -0.1) is 0 Å². The molecule has 1 aliphatic rings. The van der Waals surface area contributed by atoms with Gasteiger partial charge in [0.25, 0.3) is 5.56 Å². The van der Waals surface area contributed by atoms with E-state index in [1.54, 1.807) is 13.1 Å². The molecule has 134 valence electrons. The fourth-order valence-corrected chi connectivity index (χ4v) is 3.27. The van der Waals surface area contributed by atoms with Crippen LogP contribution in [0.2, 0.25) is 0 Å². The number of aryl methyl sites for hydroxylation is 1. The molecule has 8 heteroatoms. The molecule has 3 aromatic rings. The number of nitrogens with zero attached hydrogens (tertiary/aromatic N) is 5. The zero-order chi connectivity index (χ0) is 18.4. The van der Waals surface area contributed by atoms with Crippen molar-refractivity contribution in [2.75, 3.05) is 18.1 Å².